The summed E-state index contributed by atoms with van der Waals surface area (Å²) in [5.74, 6) is 0. The molecular formula is C12H8N2S. The molecule has 0 saturated heterocycles. The van der Waals surface area contributed by atoms with Gasteiger partial charge in [-0.1, -0.05) is 30.3 Å². The Balaban J connectivity index is 2.37. The van der Waals surface area contributed by atoms with Gasteiger partial charge in [0.05, 0.1) is 5.57 Å². The van der Waals surface area contributed by atoms with Crippen LogP contribution in [0.25, 0.3) is 11.6 Å². The molecule has 1 aromatic carbocycles. The molecule has 15 heavy (non-hydrogen) atoms. The Morgan fingerprint density at radius 1 is 1.33 bits per heavy atom. The second kappa shape index (κ2) is 4.54. The summed E-state index contributed by atoms with van der Waals surface area (Å²) in [6.07, 6.45) is 3.55. The van der Waals surface area contributed by atoms with E-state index in [2.05, 4.69) is 11.1 Å². The van der Waals surface area contributed by atoms with Crippen molar-refractivity contribution in [2.75, 3.05) is 0 Å². The van der Waals surface area contributed by atoms with Gasteiger partial charge in [-0.15, -0.1) is 11.3 Å². The van der Waals surface area contributed by atoms with Gasteiger partial charge < -0.3 is 0 Å². The minimum atomic E-state index is 0.608. The Morgan fingerprint density at radius 3 is 2.73 bits per heavy atom. The Bertz CT molecular complexity index is 492. The topological polar surface area (TPSA) is 36.7 Å². The highest BCUT2D eigenvalue weighted by Crippen LogP contribution is 2.19. The van der Waals surface area contributed by atoms with Gasteiger partial charge in [0.25, 0.3) is 0 Å². The van der Waals surface area contributed by atoms with Crippen LogP contribution in [0.5, 0.6) is 0 Å². The molecule has 0 N–H and O–H groups in total. The van der Waals surface area contributed by atoms with Gasteiger partial charge in [-0.05, 0) is 11.6 Å². The van der Waals surface area contributed by atoms with E-state index in [0.717, 1.165) is 10.6 Å². The van der Waals surface area contributed by atoms with E-state index >= 15 is 0 Å². The van der Waals surface area contributed by atoms with Gasteiger partial charge in [-0.3, -0.25) is 0 Å². The highest BCUT2D eigenvalue weighted by Gasteiger charge is 2.02. The van der Waals surface area contributed by atoms with Crippen LogP contribution in [-0.2, 0) is 0 Å². The second-order valence-electron chi connectivity index (χ2n) is 2.92. The van der Waals surface area contributed by atoms with E-state index in [4.69, 9.17) is 5.26 Å². The van der Waals surface area contributed by atoms with Crippen LogP contribution in [0.4, 0.5) is 0 Å². The van der Waals surface area contributed by atoms with Gasteiger partial charge in [-0.2, -0.15) is 5.26 Å². The number of rotatable bonds is 2. The maximum atomic E-state index is 9.01. The predicted octanol–water partition coefficient (Wildman–Crippen LogP) is 3.21. The van der Waals surface area contributed by atoms with Gasteiger partial charge in [0, 0.05) is 11.6 Å². The fourth-order valence-corrected chi connectivity index (χ4v) is 1.82. The average molecular weight is 212 g/mol. The molecule has 2 aromatic rings. The monoisotopic (exact) mass is 212 g/mol. The molecule has 0 fully saturated rings. The lowest BCUT2D eigenvalue weighted by atomic mass is 10.1. The number of allylic oxidation sites excluding steroid dienone is 1. The normalized spacial score (nSPS) is 11.0. The van der Waals surface area contributed by atoms with Crippen molar-refractivity contribution in [3.05, 3.63) is 52.5 Å². The molecule has 0 spiro atoms. The number of benzene rings is 1. The first-order valence-electron chi connectivity index (χ1n) is 4.47. The van der Waals surface area contributed by atoms with Crippen molar-refractivity contribution in [1.29, 1.82) is 5.26 Å². The zero-order chi connectivity index (χ0) is 10.5. The fourth-order valence-electron chi connectivity index (χ4n) is 1.21. The van der Waals surface area contributed by atoms with E-state index in [-0.39, 0.29) is 0 Å². The SMILES string of the molecule is N#CC(=Cc1ccccc1)c1nccs1. The van der Waals surface area contributed by atoms with Crippen molar-refractivity contribution in [2.45, 2.75) is 0 Å². The van der Waals surface area contributed by atoms with Crippen LogP contribution in [0.15, 0.2) is 41.9 Å². The van der Waals surface area contributed by atoms with Crippen molar-refractivity contribution >= 4 is 23.0 Å². The third kappa shape index (κ3) is 2.30. The minimum Gasteiger partial charge on any atom is -0.244 e. The molecule has 0 radical (unpaired) electrons. The molecule has 2 nitrogen and oxygen atoms in total. The van der Waals surface area contributed by atoms with Crippen molar-refractivity contribution in [1.82, 2.24) is 4.98 Å². The number of hydrogen-bond donors (Lipinski definition) is 0. The average Bonchev–Trinajstić information content (AvgIpc) is 2.81. The number of hydrogen-bond acceptors (Lipinski definition) is 3. The van der Waals surface area contributed by atoms with Crippen LogP contribution in [0.3, 0.4) is 0 Å². The van der Waals surface area contributed by atoms with E-state index in [1.807, 2.05) is 41.8 Å². The summed E-state index contributed by atoms with van der Waals surface area (Å²) in [5.41, 5.74) is 1.63. The Morgan fingerprint density at radius 2 is 2.13 bits per heavy atom. The highest BCUT2D eigenvalue weighted by atomic mass is 32.1. The number of thiazole rings is 1. The first-order chi connectivity index (χ1) is 7.40. The molecular weight excluding hydrogens is 204 g/mol. The van der Waals surface area contributed by atoms with Crippen LogP contribution >= 0.6 is 11.3 Å². The summed E-state index contributed by atoms with van der Waals surface area (Å²) in [4.78, 5) is 4.11. The summed E-state index contributed by atoms with van der Waals surface area (Å²) < 4.78 is 0. The molecule has 0 saturated carbocycles. The van der Waals surface area contributed by atoms with Crippen LogP contribution in [-0.4, -0.2) is 4.98 Å². The molecule has 0 amide bonds. The zero-order valence-corrected chi connectivity index (χ0v) is 8.74. The first kappa shape index (κ1) is 9.63. The summed E-state index contributed by atoms with van der Waals surface area (Å²) in [7, 11) is 0. The quantitative estimate of drug-likeness (QED) is 0.717. The fraction of sp³-hybridized carbons (Fsp3) is 0. The van der Waals surface area contributed by atoms with Crippen LogP contribution in [0.1, 0.15) is 10.6 Å². The van der Waals surface area contributed by atoms with Gasteiger partial charge in [-0.25, -0.2) is 4.98 Å². The second-order valence-corrected chi connectivity index (χ2v) is 3.81. The number of nitrogens with zero attached hydrogens (tertiary/aromatic N) is 2. The third-order valence-corrected chi connectivity index (χ3v) is 2.70. The molecule has 1 aromatic heterocycles. The molecule has 72 valence electrons. The van der Waals surface area contributed by atoms with Gasteiger partial charge in [0.2, 0.25) is 0 Å². The van der Waals surface area contributed by atoms with Crippen LogP contribution in [0.2, 0.25) is 0 Å². The highest BCUT2D eigenvalue weighted by molar-refractivity contribution is 7.10. The molecule has 3 heteroatoms. The summed E-state index contributed by atoms with van der Waals surface area (Å²) in [5, 5.41) is 11.6. The van der Waals surface area contributed by atoms with E-state index in [9.17, 15) is 0 Å². The molecule has 0 atom stereocenters. The lowest BCUT2D eigenvalue weighted by Crippen LogP contribution is -1.79. The molecule has 2 rings (SSSR count). The Labute approximate surface area is 92.1 Å². The molecule has 0 aliphatic rings. The largest absolute Gasteiger partial charge is 0.244 e. The smallest absolute Gasteiger partial charge is 0.133 e. The molecule has 0 aliphatic heterocycles. The van der Waals surface area contributed by atoms with Crippen LogP contribution < -0.4 is 0 Å². The lowest BCUT2D eigenvalue weighted by molar-refractivity contribution is 1.38. The summed E-state index contributed by atoms with van der Waals surface area (Å²) >= 11 is 1.47. The number of nitriles is 1. The first-order valence-corrected chi connectivity index (χ1v) is 5.35. The van der Waals surface area contributed by atoms with Crippen molar-refractivity contribution in [3.8, 4) is 6.07 Å². The Kier molecular flexibility index (Phi) is 2.91. The van der Waals surface area contributed by atoms with Crippen molar-refractivity contribution in [2.24, 2.45) is 0 Å². The van der Waals surface area contributed by atoms with E-state index in [1.54, 1.807) is 6.20 Å². The van der Waals surface area contributed by atoms with Gasteiger partial charge >= 0.3 is 0 Å². The molecule has 0 bridgehead atoms. The van der Waals surface area contributed by atoms with Crippen molar-refractivity contribution in [3.63, 3.8) is 0 Å². The molecule has 1 heterocycles. The zero-order valence-electron chi connectivity index (χ0n) is 7.92. The number of aromatic nitrogens is 1. The minimum absolute atomic E-state index is 0.608. The maximum absolute atomic E-state index is 9.01. The lowest BCUT2D eigenvalue weighted by Gasteiger charge is -1.93. The van der Waals surface area contributed by atoms with Gasteiger partial charge in [0.1, 0.15) is 11.1 Å². The van der Waals surface area contributed by atoms with Gasteiger partial charge in [0.15, 0.2) is 0 Å². The molecule has 0 aliphatic carbocycles. The van der Waals surface area contributed by atoms with E-state index in [0.29, 0.717) is 5.57 Å². The van der Waals surface area contributed by atoms with Crippen molar-refractivity contribution < 1.29 is 0 Å². The predicted molar refractivity (Wildman–Crippen MR) is 62.0 cm³/mol. The maximum Gasteiger partial charge on any atom is 0.133 e. The van der Waals surface area contributed by atoms with E-state index < -0.39 is 0 Å². The third-order valence-electron chi connectivity index (χ3n) is 1.89. The summed E-state index contributed by atoms with van der Waals surface area (Å²) in [6.45, 7) is 0. The Hall–Kier alpha value is -1.92. The standard InChI is InChI=1S/C12H8N2S/c13-9-11(12-14-6-7-15-12)8-10-4-2-1-3-5-10/h1-8H. The van der Waals surface area contributed by atoms with Crippen LogP contribution in [0, 0.1) is 11.3 Å². The molecule has 0 unspecified atom stereocenters. The van der Waals surface area contributed by atoms with E-state index in [1.165, 1.54) is 11.3 Å². The summed E-state index contributed by atoms with van der Waals surface area (Å²) in [6, 6.07) is 11.9.